The standard InChI is InChI=1S/C16H30N2OS/c1-13(2)9-17-10-14-7-8-15(20-14)11-19-12-16(3,4)18(5)6/h7-8,13,17H,9-12H2,1-6H3. The largest absolute Gasteiger partial charge is 0.374 e. The van der Waals surface area contributed by atoms with E-state index in [1.807, 2.05) is 11.3 Å². The highest BCUT2D eigenvalue weighted by Crippen LogP contribution is 2.18. The summed E-state index contributed by atoms with van der Waals surface area (Å²) in [5.74, 6) is 0.700. The van der Waals surface area contributed by atoms with Crippen molar-refractivity contribution in [3.8, 4) is 0 Å². The first-order valence-corrected chi connectivity index (χ1v) is 8.16. The van der Waals surface area contributed by atoms with Crippen molar-refractivity contribution >= 4 is 11.3 Å². The Morgan fingerprint density at radius 3 is 2.50 bits per heavy atom. The zero-order chi connectivity index (χ0) is 15.2. The van der Waals surface area contributed by atoms with Crippen LogP contribution in [-0.2, 0) is 17.9 Å². The molecule has 0 bridgehead atoms. The molecular formula is C16H30N2OS. The van der Waals surface area contributed by atoms with Crippen molar-refractivity contribution in [2.24, 2.45) is 5.92 Å². The molecule has 1 aromatic rings. The molecule has 0 aliphatic heterocycles. The summed E-state index contributed by atoms with van der Waals surface area (Å²) in [7, 11) is 4.18. The topological polar surface area (TPSA) is 24.5 Å². The summed E-state index contributed by atoms with van der Waals surface area (Å²) in [6, 6.07) is 4.38. The van der Waals surface area contributed by atoms with Gasteiger partial charge in [0.2, 0.25) is 0 Å². The van der Waals surface area contributed by atoms with Gasteiger partial charge in [0.1, 0.15) is 0 Å². The molecule has 116 valence electrons. The summed E-state index contributed by atoms with van der Waals surface area (Å²) >= 11 is 1.84. The van der Waals surface area contributed by atoms with Crippen LogP contribution in [0.15, 0.2) is 12.1 Å². The Morgan fingerprint density at radius 1 is 1.25 bits per heavy atom. The first kappa shape index (κ1) is 17.6. The van der Waals surface area contributed by atoms with Crippen LogP contribution in [0, 0.1) is 5.92 Å². The van der Waals surface area contributed by atoms with Gasteiger partial charge in [-0.05, 0) is 52.5 Å². The highest BCUT2D eigenvalue weighted by molar-refractivity contribution is 7.11. The average molecular weight is 298 g/mol. The van der Waals surface area contributed by atoms with E-state index in [0.717, 1.165) is 19.7 Å². The fraction of sp³-hybridized carbons (Fsp3) is 0.750. The van der Waals surface area contributed by atoms with Crippen molar-refractivity contribution in [2.45, 2.75) is 46.4 Å². The van der Waals surface area contributed by atoms with E-state index in [1.54, 1.807) is 0 Å². The average Bonchev–Trinajstić information content (AvgIpc) is 2.76. The van der Waals surface area contributed by atoms with Crippen LogP contribution in [0.1, 0.15) is 37.4 Å². The number of nitrogens with one attached hydrogen (secondary N) is 1. The molecule has 20 heavy (non-hydrogen) atoms. The minimum atomic E-state index is 0.0823. The van der Waals surface area contributed by atoms with Gasteiger partial charge < -0.3 is 15.0 Å². The minimum Gasteiger partial charge on any atom is -0.374 e. The zero-order valence-corrected chi connectivity index (χ0v) is 14.6. The normalized spacial score (nSPS) is 12.6. The molecule has 0 radical (unpaired) electrons. The van der Waals surface area contributed by atoms with Crippen molar-refractivity contribution < 1.29 is 4.74 Å². The van der Waals surface area contributed by atoms with Crippen molar-refractivity contribution in [1.82, 2.24) is 10.2 Å². The first-order chi connectivity index (χ1) is 9.31. The molecule has 0 saturated carbocycles. The maximum Gasteiger partial charge on any atom is 0.0810 e. The van der Waals surface area contributed by atoms with Gasteiger partial charge in [-0.3, -0.25) is 0 Å². The molecule has 0 aliphatic rings. The van der Waals surface area contributed by atoms with E-state index in [-0.39, 0.29) is 5.54 Å². The second kappa shape index (κ2) is 8.13. The number of nitrogens with zero attached hydrogens (tertiary/aromatic N) is 1. The lowest BCUT2D eigenvalue weighted by Crippen LogP contribution is -2.42. The molecule has 0 aromatic carbocycles. The molecule has 4 heteroatoms. The number of rotatable bonds is 9. The van der Waals surface area contributed by atoms with Gasteiger partial charge in [0.15, 0.2) is 0 Å². The highest BCUT2D eigenvalue weighted by atomic mass is 32.1. The van der Waals surface area contributed by atoms with Crippen molar-refractivity contribution in [3.63, 3.8) is 0 Å². The molecule has 0 aliphatic carbocycles. The molecule has 0 amide bonds. The van der Waals surface area contributed by atoms with Gasteiger partial charge in [0, 0.05) is 21.8 Å². The molecule has 0 unspecified atom stereocenters. The fourth-order valence-electron chi connectivity index (χ4n) is 1.61. The monoisotopic (exact) mass is 298 g/mol. The van der Waals surface area contributed by atoms with Crippen LogP contribution in [0.2, 0.25) is 0 Å². The van der Waals surface area contributed by atoms with Crippen LogP contribution in [0.4, 0.5) is 0 Å². The summed E-state index contributed by atoms with van der Waals surface area (Å²) in [6.45, 7) is 12.4. The number of likely N-dealkylation sites (N-methyl/N-ethyl adjacent to an activating group) is 1. The Hall–Kier alpha value is -0.420. The molecule has 1 rings (SSSR count). The van der Waals surface area contributed by atoms with Gasteiger partial charge >= 0.3 is 0 Å². The van der Waals surface area contributed by atoms with Crippen LogP contribution in [-0.4, -0.2) is 37.7 Å². The van der Waals surface area contributed by atoms with Gasteiger partial charge in [-0.1, -0.05) is 13.8 Å². The van der Waals surface area contributed by atoms with Gasteiger partial charge in [0.25, 0.3) is 0 Å². The third kappa shape index (κ3) is 6.35. The van der Waals surface area contributed by atoms with Crippen LogP contribution in [0.3, 0.4) is 0 Å². The van der Waals surface area contributed by atoms with Crippen molar-refractivity contribution in [2.75, 3.05) is 27.2 Å². The van der Waals surface area contributed by atoms with Gasteiger partial charge in [-0.2, -0.15) is 0 Å². The third-order valence-corrected chi connectivity index (χ3v) is 4.54. The van der Waals surface area contributed by atoms with E-state index in [2.05, 4.69) is 64.1 Å². The smallest absolute Gasteiger partial charge is 0.0810 e. The summed E-state index contributed by atoms with van der Waals surface area (Å²) in [6.07, 6.45) is 0. The van der Waals surface area contributed by atoms with Gasteiger partial charge in [-0.25, -0.2) is 0 Å². The van der Waals surface area contributed by atoms with Gasteiger partial charge in [-0.15, -0.1) is 11.3 Å². The van der Waals surface area contributed by atoms with Crippen LogP contribution in [0.25, 0.3) is 0 Å². The Morgan fingerprint density at radius 2 is 1.90 bits per heavy atom. The molecule has 1 aromatic heterocycles. The van der Waals surface area contributed by atoms with Crippen LogP contribution < -0.4 is 5.32 Å². The molecule has 0 atom stereocenters. The predicted octanol–water partition coefficient (Wildman–Crippen LogP) is 3.35. The van der Waals surface area contributed by atoms with Crippen molar-refractivity contribution in [3.05, 3.63) is 21.9 Å². The molecule has 0 saturated heterocycles. The summed E-state index contributed by atoms with van der Waals surface area (Å²) in [5, 5.41) is 3.47. The van der Waals surface area contributed by atoms with Crippen LogP contribution in [0.5, 0.6) is 0 Å². The molecule has 3 nitrogen and oxygen atoms in total. The fourth-order valence-corrected chi connectivity index (χ4v) is 2.53. The maximum atomic E-state index is 5.85. The lowest BCUT2D eigenvalue weighted by Gasteiger charge is -2.32. The Kier molecular flexibility index (Phi) is 7.17. The van der Waals surface area contributed by atoms with Gasteiger partial charge in [0.05, 0.1) is 13.2 Å². The Labute approximate surface area is 128 Å². The van der Waals surface area contributed by atoms with E-state index in [4.69, 9.17) is 4.74 Å². The van der Waals surface area contributed by atoms with E-state index in [9.17, 15) is 0 Å². The molecule has 1 N–H and O–H groups in total. The second-order valence-electron chi connectivity index (χ2n) is 6.59. The number of hydrogen-bond acceptors (Lipinski definition) is 4. The van der Waals surface area contributed by atoms with Crippen molar-refractivity contribution in [1.29, 1.82) is 0 Å². The summed E-state index contributed by atoms with van der Waals surface area (Å²) in [5.41, 5.74) is 0.0823. The molecule has 1 heterocycles. The SMILES string of the molecule is CC(C)CNCc1ccc(COCC(C)(C)N(C)C)s1. The highest BCUT2D eigenvalue weighted by Gasteiger charge is 2.20. The van der Waals surface area contributed by atoms with E-state index in [0.29, 0.717) is 12.5 Å². The minimum absolute atomic E-state index is 0.0823. The van der Waals surface area contributed by atoms with Crippen LogP contribution >= 0.6 is 11.3 Å². The second-order valence-corrected chi connectivity index (χ2v) is 7.85. The summed E-state index contributed by atoms with van der Waals surface area (Å²) in [4.78, 5) is 4.89. The number of hydrogen-bond donors (Lipinski definition) is 1. The van der Waals surface area contributed by atoms with E-state index >= 15 is 0 Å². The lowest BCUT2D eigenvalue weighted by molar-refractivity contribution is 0.0285. The summed E-state index contributed by atoms with van der Waals surface area (Å²) < 4.78 is 5.85. The first-order valence-electron chi connectivity index (χ1n) is 7.35. The Bertz CT molecular complexity index is 386. The molecule has 0 spiro atoms. The third-order valence-electron chi connectivity index (χ3n) is 3.48. The number of thiophene rings is 1. The molecular weight excluding hydrogens is 268 g/mol. The van der Waals surface area contributed by atoms with E-state index < -0.39 is 0 Å². The zero-order valence-electron chi connectivity index (χ0n) is 13.8. The molecule has 0 fully saturated rings. The maximum absolute atomic E-state index is 5.85. The van der Waals surface area contributed by atoms with E-state index in [1.165, 1.54) is 9.75 Å². The quantitative estimate of drug-likeness (QED) is 0.756. The Balaban J connectivity index is 2.30. The lowest BCUT2D eigenvalue weighted by atomic mass is 10.1. The number of ether oxygens (including phenoxy) is 1. The predicted molar refractivity (Wildman–Crippen MR) is 88.3 cm³/mol.